The number of nitro groups is 1. The normalized spacial score (nSPS) is 19.8. The summed E-state index contributed by atoms with van der Waals surface area (Å²) in [5, 5.41) is 14.1. The van der Waals surface area contributed by atoms with Gasteiger partial charge in [-0.25, -0.2) is 4.39 Å². The molecule has 0 spiro atoms. The van der Waals surface area contributed by atoms with E-state index in [9.17, 15) is 19.3 Å². The predicted octanol–water partition coefficient (Wildman–Crippen LogP) is 1.52. The van der Waals surface area contributed by atoms with Gasteiger partial charge in [0, 0.05) is 32.2 Å². The van der Waals surface area contributed by atoms with Gasteiger partial charge in [-0.15, -0.1) is 0 Å². The first-order valence-corrected chi connectivity index (χ1v) is 8.19. The summed E-state index contributed by atoms with van der Waals surface area (Å²) in [6, 6.07) is 3.76. The summed E-state index contributed by atoms with van der Waals surface area (Å²) >= 11 is 0. The van der Waals surface area contributed by atoms with Crippen LogP contribution in [0.25, 0.3) is 0 Å². The maximum absolute atomic E-state index is 13.3. The Morgan fingerprint density at radius 3 is 2.58 bits per heavy atom. The number of carbonyl (C=O) groups is 1. The molecule has 1 atom stereocenters. The molecule has 1 amide bonds. The molecule has 8 heteroatoms. The van der Waals surface area contributed by atoms with Crippen LogP contribution in [-0.4, -0.2) is 54.0 Å². The molecule has 0 aromatic heterocycles. The van der Waals surface area contributed by atoms with Crippen molar-refractivity contribution in [2.24, 2.45) is 0 Å². The molecule has 1 aromatic rings. The molecule has 130 valence electrons. The molecule has 1 aromatic carbocycles. The zero-order valence-corrected chi connectivity index (χ0v) is 13.6. The second-order valence-corrected chi connectivity index (χ2v) is 6.37. The van der Waals surface area contributed by atoms with Crippen LogP contribution in [0.3, 0.4) is 0 Å². The van der Waals surface area contributed by atoms with Crippen LogP contribution in [0, 0.1) is 15.9 Å². The number of hydrogen-bond acceptors (Lipinski definition) is 5. The molecule has 1 heterocycles. The number of piperazine rings is 1. The summed E-state index contributed by atoms with van der Waals surface area (Å²) < 4.78 is 13.3. The van der Waals surface area contributed by atoms with Crippen LogP contribution in [0.1, 0.15) is 19.8 Å². The van der Waals surface area contributed by atoms with Crippen molar-refractivity contribution in [2.45, 2.75) is 31.8 Å². The number of rotatable bonds is 5. The van der Waals surface area contributed by atoms with Crippen LogP contribution in [0.5, 0.6) is 0 Å². The average Bonchev–Trinajstić information content (AvgIpc) is 3.38. The van der Waals surface area contributed by atoms with Crippen molar-refractivity contribution in [1.29, 1.82) is 0 Å². The van der Waals surface area contributed by atoms with Crippen LogP contribution in [0.2, 0.25) is 0 Å². The summed E-state index contributed by atoms with van der Waals surface area (Å²) in [6.45, 7) is 4.27. The number of carbonyl (C=O) groups excluding carboxylic acids is 1. The Hall–Kier alpha value is -2.22. The summed E-state index contributed by atoms with van der Waals surface area (Å²) in [6.07, 6.45) is 2.11. The van der Waals surface area contributed by atoms with Crippen molar-refractivity contribution in [1.82, 2.24) is 10.2 Å². The van der Waals surface area contributed by atoms with Gasteiger partial charge in [0.1, 0.15) is 11.5 Å². The van der Waals surface area contributed by atoms with E-state index >= 15 is 0 Å². The van der Waals surface area contributed by atoms with Crippen molar-refractivity contribution < 1.29 is 14.1 Å². The van der Waals surface area contributed by atoms with E-state index in [1.165, 1.54) is 12.1 Å². The smallest absolute Gasteiger partial charge is 0.295 e. The van der Waals surface area contributed by atoms with Gasteiger partial charge < -0.3 is 10.2 Å². The molecule has 24 heavy (non-hydrogen) atoms. The minimum Gasteiger partial charge on any atom is -0.363 e. The van der Waals surface area contributed by atoms with E-state index in [0.717, 1.165) is 18.9 Å². The van der Waals surface area contributed by atoms with Gasteiger partial charge in [-0.1, -0.05) is 0 Å². The van der Waals surface area contributed by atoms with Crippen LogP contribution >= 0.6 is 0 Å². The lowest BCUT2D eigenvalue weighted by molar-refractivity contribution is -0.384. The molecule has 1 saturated carbocycles. The maximum Gasteiger partial charge on any atom is 0.295 e. The van der Waals surface area contributed by atoms with E-state index in [4.69, 9.17) is 0 Å². The fraction of sp³-hybridized carbons (Fsp3) is 0.562. The van der Waals surface area contributed by atoms with Gasteiger partial charge in [-0.05, 0) is 31.9 Å². The summed E-state index contributed by atoms with van der Waals surface area (Å²) in [5.41, 5.74) is 0.208. The standard InChI is InChI=1S/C16H21FN4O3/c1-11(16(22)18-13-3-4-13)19-6-8-20(9-7-19)14-5-2-12(17)10-15(14)21(23)24/h2,5,10-11,13H,3-4,6-9H2,1H3,(H,18,22). The lowest BCUT2D eigenvalue weighted by Crippen LogP contribution is -2.54. The highest BCUT2D eigenvalue weighted by molar-refractivity contribution is 5.82. The second kappa shape index (κ2) is 6.72. The number of anilines is 1. The lowest BCUT2D eigenvalue weighted by atomic mass is 10.1. The molecule has 2 fully saturated rings. The third kappa shape index (κ3) is 3.64. The molecule has 3 rings (SSSR count). The van der Waals surface area contributed by atoms with Crippen molar-refractivity contribution in [3.8, 4) is 0 Å². The highest BCUT2D eigenvalue weighted by Gasteiger charge is 2.31. The second-order valence-electron chi connectivity index (χ2n) is 6.37. The van der Waals surface area contributed by atoms with E-state index < -0.39 is 10.7 Å². The Labute approximate surface area is 139 Å². The van der Waals surface area contributed by atoms with Gasteiger partial charge in [-0.3, -0.25) is 19.8 Å². The van der Waals surface area contributed by atoms with Crippen molar-refractivity contribution in [3.63, 3.8) is 0 Å². The van der Waals surface area contributed by atoms with E-state index in [-0.39, 0.29) is 17.6 Å². The van der Waals surface area contributed by atoms with E-state index in [0.29, 0.717) is 37.9 Å². The highest BCUT2D eigenvalue weighted by Crippen LogP contribution is 2.29. The van der Waals surface area contributed by atoms with Crippen LogP contribution in [-0.2, 0) is 4.79 Å². The molecule has 0 radical (unpaired) electrons. The maximum atomic E-state index is 13.3. The lowest BCUT2D eigenvalue weighted by Gasteiger charge is -2.38. The number of halogens is 1. The van der Waals surface area contributed by atoms with E-state index in [1.807, 2.05) is 11.8 Å². The predicted molar refractivity (Wildman–Crippen MR) is 87.5 cm³/mol. The minimum absolute atomic E-state index is 0.0405. The summed E-state index contributed by atoms with van der Waals surface area (Å²) in [4.78, 5) is 26.7. The Balaban J connectivity index is 1.62. The zero-order valence-electron chi connectivity index (χ0n) is 13.6. The molecular weight excluding hydrogens is 315 g/mol. The molecular formula is C16H21FN4O3. The molecule has 7 nitrogen and oxygen atoms in total. The molecule has 1 aliphatic heterocycles. The molecule has 1 aliphatic carbocycles. The zero-order chi connectivity index (χ0) is 17.3. The Bertz CT molecular complexity index is 642. The quantitative estimate of drug-likeness (QED) is 0.651. The highest BCUT2D eigenvalue weighted by atomic mass is 19.1. The third-order valence-corrected chi connectivity index (χ3v) is 4.64. The number of nitrogens with one attached hydrogen (secondary N) is 1. The number of amides is 1. The van der Waals surface area contributed by atoms with Crippen LogP contribution in [0.4, 0.5) is 15.8 Å². The number of nitro benzene ring substituents is 1. The fourth-order valence-electron chi connectivity index (χ4n) is 2.98. The topological polar surface area (TPSA) is 78.7 Å². The monoisotopic (exact) mass is 336 g/mol. The number of hydrogen-bond donors (Lipinski definition) is 1. The van der Waals surface area contributed by atoms with Gasteiger partial charge in [0.15, 0.2) is 0 Å². The summed E-state index contributed by atoms with van der Waals surface area (Å²) in [7, 11) is 0. The molecule has 0 bridgehead atoms. The van der Waals surface area contributed by atoms with Gasteiger partial charge >= 0.3 is 0 Å². The first-order chi connectivity index (χ1) is 11.5. The van der Waals surface area contributed by atoms with Gasteiger partial charge in [-0.2, -0.15) is 0 Å². The average molecular weight is 336 g/mol. The minimum atomic E-state index is -0.616. The first-order valence-electron chi connectivity index (χ1n) is 8.19. The van der Waals surface area contributed by atoms with Crippen molar-refractivity contribution in [2.75, 3.05) is 31.1 Å². The number of benzene rings is 1. The van der Waals surface area contributed by atoms with Gasteiger partial charge in [0.05, 0.1) is 17.0 Å². The fourth-order valence-corrected chi connectivity index (χ4v) is 2.98. The van der Waals surface area contributed by atoms with Gasteiger partial charge in [0.2, 0.25) is 5.91 Å². The number of nitrogens with zero attached hydrogens (tertiary/aromatic N) is 3. The molecule has 1 unspecified atom stereocenters. The van der Waals surface area contributed by atoms with Crippen LogP contribution in [0.15, 0.2) is 18.2 Å². The van der Waals surface area contributed by atoms with Crippen LogP contribution < -0.4 is 10.2 Å². The SMILES string of the molecule is CC(C(=O)NC1CC1)N1CCN(c2ccc(F)cc2[N+](=O)[O-])CC1. The van der Waals surface area contributed by atoms with E-state index in [2.05, 4.69) is 10.2 Å². The molecule has 2 aliphatic rings. The first kappa shape index (κ1) is 16.6. The molecule has 1 N–H and O–H groups in total. The summed E-state index contributed by atoms with van der Waals surface area (Å²) in [5.74, 6) is -0.576. The van der Waals surface area contributed by atoms with Gasteiger partial charge in [0.25, 0.3) is 5.69 Å². The van der Waals surface area contributed by atoms with Crippen molar-refractivity contribution in [3.05, 3.63) is 34.1 Å². The molecule has 1 saturated heterocycles. The Kier molecular flexibility index (Phi) is 4.66. The Morgan fingerprint density at radius 2 is 2.00 bits per heavy atom. The largest absolute Gasteiger partial charge is 0.363 e. The van der Waals surface area contributed by atoms with Crippen molar-refractivity contribution >= 4 is 17.3 Å². The Morgan fingerprint density at radius 1 is 1.33 bits per heavy atom. The van der Waals surface area contributed by atoms with E-state index in [1.54, 1.807) is 0 Å². The third-order valence-electron chi connectivity index (χ3n) is 4.64.